The molecule has 0 aromatic heterocycles. The van der Waals surface area contributed by atoms with Crippen LogP contribution in [-0.4, -0.2) is 24.9 Å². The lowest BCUT2D eigenvalue weighted by Gasteiger charge is -2.20. The molecule has 1 unspecified atom stereocenters. The molecule has 1 saturated heterocycles. The summed E-state index contributed by atoms with van der Waals surface area (Å²) in [5.41, 5.74) is 0.269. The molecule has 0 bridgehead atoms. The van der Waals surface area contributed by atoms with Gasteiger partial charge < -0.3 is 10.2 Å². The average Bonchev–Trinajstić information content (AvgIpc) is 2.77. The van der Waals surface area contributed by atoms with Crippen molar-refractivity contribution < 1.29 is 14.0 Å². The maximum absolute atomic E-state index is 12.9. The van der Waals surface area contributed by atoms with Gasteiger partial charge in [0.15, 0.2) is 0 Å². The predicted octanol–water partition coefficient (Wildman–Crippen LogP) is 2.34. The highest BCUT2D eigenvalue weighted by Gasteiger charge is 2.31. The molecule has 1 aliphatic heterocycles. The van der Waals surface area contributed by atoms with E-state index >= 15 is 0 Å². The molecule has 114 valence electrons. The first-order chi connectivity index (χ1) is 9.77. The van der Waals surface area contributed by atoms with Gasteiger partial charge in [-0.05, 0) is 24.3 Å². The zero-order chi connectivity index (χ0) is 15.6. The highest BCUT2D eigenvalue weighted by molar-refractivity contribution is 5.95. The van der Waals surface area contributed by atoms with Crippen LogP contribution in [0.15, 0.2) is 24.3 Å². The molecule has 21 heavy (non-hydrogen) atoms. The Bertz CT molecular complexity index is 534. The zero-order valence-electron chi connectivity index (χ0n) is 12.6. The van der Waals surface area contributed by atoms with Crippen LogP contribution in [0, 0.1) is 17.2 Å². The van der Waals surface area contributed by atoms with E-state index in [1.165, 1.54) is 12.1 Å². The largest absolute Gasteiger partial charge is 0.355 e. The number of anilines is 1. The van der Waals surface area contributed by atoms with Crippen LogP contribution in [0.3, 0.4) is 0 Å². The molecule has 1 fully saturated rings. The van der Waals surface area contributed by atoms with Crippen LogP contribution in [0.25, 0.3) is 0 Å². The van der Waals surface area contributed by atoms with Crippen molar-refractivity contribution in [3.8, 4) is 0 Å². The fourth-order valence-electron chi connectivity index (χ4n) is 2.29. The standard InChI is InChI=1S/C16H21FN2O2/c1-16(2,3)15(21)18-9-11-8-14(20)19(10-11)13-6-4-12(17)5-7-13/h4-7,11H,8-10H2,1-3H3,(H,18,21). The minimum Gasteiger partial charge on any atom is -0.355 e. The van der Waals surface area contributed by atoms with E-state index in [2.05, 4.69) is 5.32 Å². The van der Waals surface area contributed by atoms with E-state index in [-0.39, 0.29) is 23.5 Å². The predicted molar refractivity (Wildman–Crippen MR) is 79.3 cm³/mol. The Morgan fingerprint density at radius 1 is 1.33 bits per heavy atom. The summed E-state index contributed by atoms with van der Waals surface area (Å²) in [4.78, 5) is 25.5. The molecule has 1 N–H and O–H groups in total. The Morgan fingerprint density at radius 2 is 1.95 bits per heavy atom. The summed E-state index contributed by atoms with van der Waals surface area (Å²) < 4.78 is 12.9. The van der Waals surface area contributed by atoms with Gasteiger partial charge in [0.05, 0.1) is 0 Å². The average molecular weight is 292 g/mol. The molecular weight excluding hydrogens is 271 g/mol. The summed E-state index contributed by atoms with van der Waals surface area (Å²) in [6.45, 7) is 6.60. The molecule has 2 amide bonds. The van der Waals surface area contributed by atoms with Crippen LogP contribution in [-0.2, 0) is 9.59 Å². The lowest BCUT2D eigenvalue weighted by Crippen LogP contribution is -2.38. The van der Waals surface area contributed by atoms with Crippen molar-refractivity contribution in [2.75, 3.05) is 18.0 Å². The second kappa shape index (κ2) is 5.84. The number of benzene rings is 1. The Morgan fingerprint density at radius 3 is 2.52 bits per heavy atom. The third-order valence-electron chi connectivity index (χ3n) is 3.58. The van der Waals surface area contributed by atoms with Gasteiger partial charge in [0.1, 0.15) is 5.82 Å². The van der Waals surface area contributed by atoms with Crippen molar-refractivity contribution in [2.24, 2.45) is 11.3 Å². The van der Waals surface area contributed by atoms with E-state index in [1.54, 1.807) is 17.0 Å². The van der Waals surface area contributed by atoms with E-state index in [4.69, 9.17) is 0 Å². The molecule has 0 saturated carbocycles. The lowest BCUT2D eigenvalue weighted by molar-refractivity contribution is -0.128. The molecule has 1 atom stereocenters. The van der Waals surface area contributed by atoms with Gasteiger partial charge in [-0.3, -0.25) is 9.59 Å². The van der Waals surface area contributed by atoms with Gasteiger partial charge >= 0.3 is 0 Å². The summed E-state index contributed by atoms with van der Waals surface area (Å²) in [7, 11) is 0. The van der Waals surface area contributed by atoms with Crippen molar-refractivity contribution in [1.29, 1.82) is 0 Å². The number of halogens is 1. The SMILES string of the molecule is CC(C)(C)C(=O)NCC1CC(=O)N(c2ccc(F)cc2)C1. The summed E-state index contributed by atoms with van der Waals surface area (Å²) in [6, 6.07) is 5.89. The summed E-state index contributed by atoms with van der Waals surface area (Å²) in [5, 5.41) is 2.89. The number of carbonyl (C=O) groups is 2. The zero-order valence-corrected chi connectivity index (χ0v) is 12.6. The molecule has 4 nitrogen and oxygen atoms in total. The highest BCUT2D eigenvalue weighted by atomic mass is 19.1. The van der Waals surface area contributed by atoms with E-state index in [1.807, 2.05) is 20.8 Å². The number of nitrogens with one attached hydrogen (secondary N) is 1. The van der Waals surface area contributed by atoms with Crippen LogP contribution in [0.4, 0.5) is 10.1 Å². The Balaban J connectivity index is 1.94. The molecular formula is C16H21FN2O2. The van der Waals surface area contributed by atoms with Crippen LogP contribution >= 0.6 is 0 Å². The first kappa shape index (κ1) is 15.5. The third-order valence-corrected chi connectivity index (χ3v) is 3.58. The second-order valence-corrected chi connectivity index (χ2v) is 6.51. The van der Waals surface area contributed by atoms with Gasteiger partial charge in [-0.2, -0.15) is 0 Å². The number of amides is 2. The maximum Gasteiger partial charge on any atom is 0.227 e. The normalized spacial score (nSPS) is 19.0. The fraction of sp³-hybridized carbons (Fsp3) is 0.500. The molecule has 2 rings (SSSR count). The molecule has 1 aliphatic rings. The van der Waals surface area contributed by atoms with Crippen LogP contribution in [0.2, 0.25) is 0 Å². The number of nitrogens with zero attached hydrogens (tertiary/aromatic N) is 1. The van der Waals surface area contributed by atoms with Crippen LogP contribution in [0.5, 0.6) is 0 Å². The number of hydrogen-bond acceptors (Lipinski definition) is 2. The Hall–Kier alpha value is -1.91. The number of rotatable bonds is 3. The summed E-state index contributed by atoms with van der Waals surface area (Å²) in [5.74, 6) is -0.236. The quantitative estimate of drug-likeness (QED) is 0.929. The topological polar surface area (TPSA) is 49.4 Å². The Labute approximate surface area is 124 Å². The molecule has 0 aliphatic carbocycles. The highest BCUT2D eigenvalue weighted by Crippen LogP contribution is 2.25. The summed E-state index contributed by atoms with van der Waals surface area (Å²) >= 11 is 0. The first-order valence-corrected chi connectivity index (χ1v) is 7.11. The van der Waals surface area contributed by atoms with Crippen molar-refractivity contribution >= 4 is 17.5 Å². The minimum atomic E-state index is -0.431. The third kappa shape index (κ3) is 3.80. The molecule has 5 heteroatoms. The van der Waals surface area contributed by atoms with Crippen molar-refractivity contribution in [3.63, 3.8) is 0 Å². The minimum absolute atomic E-state index is 0.0108. The Kier molecular flexibility index (Phi) is 4.30. The van der Waals surface area contributed by atoms with E-state index in [0.717, 1.165) is 0 Å². The molecule has 1 aromatic carbocycles. The summed E-state index contributed by atoms with van der Waals surface area (Å²) in [6.07, 6.45) is 0.405. The smallest absolute Gasteiger partial charge is 0.227 e. The first-order valence-electron chi connectivity index (χ1n) is 7.11. The van der Waals surface area contributed by atoms with Gasteiger partial charge in [-0.1, -0.05) is 20.8 Å². The lowest BCUT2D eigenvalue weighted by atomic mass is 9.95. The van der Waals surface area contributed by atoms with Gasteiger partial charge in [0.2, 0.25) is 11.8 Å². The van der Waals surface area contributed by atoms with E-state index in [9.17, 15) is 14.0 Å². The molecule has 0 radical (unpaired) electrons. The maximum atomic E-state index is 12.9. The van der Waals surface area contributed by atoms with Crippen LogP contribution in [0.1, 0.15) is 27.2 Å². The molecule has 0 spiro atoms. The van der Waals surface area contributed by atoms with Gasteiger partial charge in [-0.15, -0.1) is 0 Å². The second-order valence-electron chi connectivity index (χ2n) is 6.51. The number of carbonyl (C=O) groups excluding carboxylic acids is 2. The van der Waals surface area contributed by atoms with Gasteiger partial charge in [0, 0.05) is 36.5 Å². The van der Waals surface area contributed by atoms with Crippen molar-refractivity contribution in [2.45, 2.75) is 27.2 Å². The van der Waals surface area contributed by atoms with Crippen LogP contribution < -0.4 is 10.2 Å². The van der Waals surface area contributed by atoms with Gasteiger partial charge in [-0.25, -0.2) is 4.39 Å². The van der Waals surface area contributed by atoms with Crippen molar-refractivity contribution in [1.82, 2.24) is 5.32 Å². The molecule has 1 heterocycles. The molecule has 1 aromatic rings. The number of hydrogen-bond donors (Lipinski definition) is 1. The van der Waals surface area contributed by atoms with E-state index < -0.39 is 5.41 Å². The van der Waals surface area contributed by atoms with E-state index in [0.29, 0.717) is 25.2 Å². The van der Waals surface area contributed by atoms with Gasteiger partial charge in [0.25, 0.3) is 0 Å². The van der Waals surface area contributed by atoms with Crippen molar-refractivity contribution in [3.05, 3.63) is 30.1 Å². The fourth-order valence-corrected chi connectivity index (χ4v) is 2.29. The monoisotopic (exact) mass is 292 g/mol.